The van der Waals surface area contributed by atoms with E-state index in [2.05, 4.69) is 20.2 Å². The number of nitrogens with zero attached hydrogens (tertiary/aromatic N) is 3. The molecule has 5 rings (SSSR count). The smallest absolute Gasteiger partial charge is 0.274 e. The number of hydrogen-bond donors (Lipinski definition) is 2. The fourth-order valence-electron chi connectivity index (χ4n) is 3.80. The molecule has 0 spiro atoms. The maximum atomic E-state index is 12.6. The summed E-state index contributed by atoms with van der Waals surface area (Å²) in [6.07, 6.45) is 1.56. The normalized spacial score (nSPS) is 17.4. The first-order chi connectivity index (χ1) is 14.0. The van der Waals surface area contributed by atoms with E-state index >= 15 is 0 Å². The van der Waals surface area contributed by atoms with Crippen LogP contribution in [0.15, 0.2) is 30.5 Å². The SMILES string of the molecule is O=C(NCc1cc(Cl)cc(Cl)c1)c1ncc2cc3c(nc2c1O)N1CCOCC31. The van der Waals surface area contributed by atoms with Crippen molar-refractivity contribution in [3.05, 3.63) is 57.3 Å². The van der Waals surface area contributed by atoms with Gasteiger partial charge >= 0.3 is 0 Å². The van der Waals surface area contributed by atoms with Gasteiger partial charge in [0.1, 0.15) is 11.3 Å². The van der Waals surface area contributed by atoms with Crippen LogP contribution in [0.5, 0.6) is 5.75 Å². The largest absolute Gasteiger partial charge is 0.504 e. The molecule has 2 N–H and O–H groups in total. The predicted molar refractivity (Wildman–Crippen MR) is 110 cm³/mol. The van der Waals surface area contributed by atoms with Gasteiger partial charge in [-0.2, -0.15) is 0 Å². The fourth-order valence-corrected chi connectivity index (χ4v) is 4.37. The molecule has 0 saturated carbocycles. The number of carbonyl (C=O) groups is 1. The Morgan fingerprint density at radius 3 is 2.86 bits per heavy atom. The van der Waals surface area contributed by atoms with Gasteiger partial charge in [-0.15, -0.1) is 0 Å². The summed E-state index contributed by atoms with van der Waals surface area (Å²) in [6.45, 7) is 2.25. The minimum absolute atomic E-state index is 0.0732. The lowest BCUT2D eigenvalue weighted by Gasteiger charge is -2.46. The third kappa shape index (κ3) is 3.15. The lowest BCUT2D eigenvalue weighted by atomic mass is 9.95. The Morgan fingerprint density at radius 2 is 2.07 bits per heavy atom. The highest BCUT2D eigenvalue weighted by Crippen LogP contribution is 2.45. The standard InChI is InChI=1S/C20H16Cl2N4O3/c21-12-3-10(4-13(22)6-12)7-24-20(28)17-18(27)16-11(8-23-17)5-14-15-9-29-2-1-26(15)19(14)25-16/h3-6,8,15,27H,1-2,7,9H2,(H,24,28). The Balaban J connectivity index is 1.42. The number of rotatable bonds is 3. The molecule has 7 nitrogen and oxygen atoms in total. The van der Waals surface area contributed by atoms with Gasteiger partial charge in [0, 0.05) is 40.3 Å². The second-order valence-electron chi connectivity index (χ2n) is 7.04. The van der Waals surface area contributed by atoms with E-state index in [-0.39, 0.29) is 24.0 Å². The molecule has 4 heterocycles. The average molecular weight is 431 g/mol. The summed E-state index contributed by atoms with van der Waals surface area (Å²) < 4.78 is 5.52. The number of hydrogen-bond acceptors (Lipinski definition) is 6. The van der Waals surface area contributed by atoms with E-state index in [1.54, 1.807) is 24.4 Å². The lowest BCUT2D eigenvalue weighted by Crippen LogP contribution is -2.47. The number of aromatic nitrogens is 2. The maximum Gasteiger partial charge on any atom is 0.274 e. The zero-order valence-electron chi connectivity index (χ0n) is 15.2. The topological polar surface area (TPSA) is 87.6 Å². The molecule has 1 saturated heterocycles. The van der Waals surface area contributed by atoms with Gasteiger partial charge in [0.2, 0.25) is 0 Å². The molecule has 2 aliphatic rings. The van der Waals surface area contributed by atoms with Crippen molar-refractivity contribution in [1.29, 1.82) is 0 Å². The number of fused-ring (bicyclic) bond motifs is 5. The molecule has 1 atom stereocenters. The molecule has 148 valence electrons. The summed E-state index contributed by atoms with van der Waals surface area (Å²) >= 11 is 12.0. The van der Waals surface area contributed by atoms with Crippen LogP contribution < -0.4 is 10.2 Å². The average Bonchev–Trinajstić information content (AvgIpc) is 2.69. The second-order valence-corrected chi connectivity index (χ2v) is 7.91. The molecule has 1 amide bonds. The summed E-state index contributed by atoms with van der Waals surface area (Å²) in [5.41, 5.74) is 2.11. The molecule has 9 heteroatoms. The van der Waals surface area contributed by atoms with E-state index in [0.717, 1.165) is 23.5 Å². The molecule has 29 heavy (non-hydrogen) atoms. The zero-order valence-corrected chi connectivity index (χ0v) is 16.7. The third-order valence-corrected chi connectivity index (χ3v) is 5.63. The molecule has 1 aromatic carbocycles. The monoisotopic (exact) mass is 430 g/mol. The lowest BCUT2D eigenvalue weighted by molar-refractivity contribution is 0.0858. The van der Waals surface area contributed by atoms with E-state index in [9.17, 15) is 9.90 Å². The first-order valence-electron chi connectivity index (χ1n) is 9.11. The van der Waals surface area contributed by atoms with Crippen molar-refractivity contribution in [3.63, 3.8) is 0 Å². The highest BCUT2D eigenvalue weighted by atomic mass is 35.5. The molecular formula is C20H16Cl2N4O3. The van der Waals surface area contributed by atoms with Gasteiger partial charge in [-0.25, -0.2) is 9.97 Å². The molecule has 1 unspecified atom stereocenters. The van der Waals surface area contributed by atoms with Crippen molar-refractivity contribution in [3.8, 4) is 5.75 Å². The van der Waals surface area contributed by atoms with Crippen LogP contribution in [-0.2, 0) is 11.3 Å². The summed E-state index contributed by atoms with van der Waals surface area (Å²) in [5, 5.41) is 15.0. The van der Waals surface area contributed by atoms with Gasteiger partial charge < -0.3 is 20.1 Å². The Hall–Kier alpha value is -2.61. The number of pyridine rings is 2. The fraction of sp³-hybridized carbons (Fsp3) is 0.250. The van der Waals surface area contributed by atoms with Gasteiger partial charge in [0.25, 0.3) is 5.91 Å². The van der Waals surface area contributed by atoms with Gasteiger partial charge in [0.05, 0.1) is 19.3 Å². The number of anilines is 1. The number of benzene rings is 1. The van der Waals surface area contributed by atoms with Crippen molar-refractivity contribution < 1.29 is 14.6 Å². The van der Waals surface area contributed by atoms with Crippen LogP contribution in [0.1, 0.15) is 27.7 Å². The van der Waals surface area contributed by atoms with Crippen LogP contribution in [-0.4, -0.2) is 40.7 Å². The van der Waals surface area contributed by atoms with Gasteiger partial charge in [0.15, 0.2) is 11.4 Å². The van der Waals surface area contributed by atoms with Crippen molar-refractivity contribution in [2.24, 2.45) is 0 Å². The number of ether oxygens (including phenoxy) is 1. The summed E-state index contributed by atoms with van der Waals surface area (Å²) in [6, 6.07) is 7.19. The molecule has 0 aliphatic carbocycles. The number of nitrogens with one attached hydrogen (secondary N) is 1. The Kier molecular flexibility index (Phi) is 4.46. The highest BCUT2D eigenvalue weighted by Gasteiger charge is 2.39. The maximum absolute atomic E-state index is 12.6. The number of aromatic hydroxyl groups is 1. The number of amides is 1. The van der Waals surface area contributed by atoms with Crippen molar-refractivity contribution in [2.75, 3.05) is 24.7 Å². The van der Waals surface area contributed by atoms with Crippen molar-refractivity contribution in [1.82, 2.24) is 15.3 Å². The number of carbonyl (C=O) groups excluding carboxylic acids is 1. The first kappa shape index (κ1) is 18.4. The molecule has 2 aliphatic heterocycles. The summed E-state index contributed by atoms with van der Waals surface area (Å²) in [7, 11) is 0. The second kappa shape index (κ2) is 7.02. The van der Waals surface area contributed by atoms with Crippen LogP contribution in [0.25, 0.3) is 10.9 Å². The van der Waals surface area contributed by atoms with E-state index in [1.165, 1.54) is 0 Å². The van der Waals surface area contributed by atoms with Crippen LogP contribution in [0.4, 0.5) is 5.82 Å². The minimum atomic E-state index is -0.505. The van der Waals surface area contributed by atoms with Gasteiger partial charge in [-0.1, -0.05) is 23.2 Å². The minimum Gasteiger partial charge on any atom is -0.504 e. The van der Waals surface area contributed by atoms with E-state index in [0.29, 0.717) is 34.2 Å². The van der Waals surface area contributed by atoms with Crippen LogP contribution in [0.2, 0.25) is 10.0 Å². The molecular weight excluding hydrogens is 415 g/mol. The summed E-state index contributed by atoms with van der Waals surface area (Å²) in [4.78, 5) is 23.5. The summed E-state index contributed by atoms with van der Waals surface area (Å²) in [5.74, 6) is 0.0881. The van der Waals surface area contributed by atoms with Crippen molar-refractivity contribution >= 4 is 45.8 Å². The first-order valence-corrected chi connectivity index (χ1v) is 9.87. The van der Waals surface area contributed by atoms with Gasteiger partial charge in [-0.05, 0) is 29.8 Å². The number of morpholine rings is 1. The van der Waals surface area contributed by atoms with E-state index in [1.807, 2.05) is 6.07 Å². The molecule has 2 aromatic heterocycles. The molecule has 0 bridgehead atoms. The molecule has 3 aromatic rings. The predicted octanol–water partition coefficient (Wildman–Crippen LogP) is 3.46. The van der Waals surface area contributed by atoms with Gasteiger partial charge in [-0.3, -0.25) is 4.79 Å². The van der Waals surface area contributed by atoms with Crippen molar-refractivity contribution in [2.45, 2.75) is 12.6 Å². The van der Waals surface area contributed by atoms with Crippen LogP contribution in [0, 0.1) is 0 Å². The Morgan fingerprint density at radius 1 is 1.28 bits per heavy atom. The van der Waals surface area contributed by atoms with E-state index in [4.69, 9.17) is 27.9 Å². The molecule has 1 fully saturated rings. The Labute approximate surface area is 176 Å². The highest BCUT2D eigenvalue weighted by molar-refractivity contribution is 6.34. The third-order valence-electron chi connectivity index (χ3n) is 5.19. The van der Waals surface area contributed by atoms with Crippen LogP contribution >= 0.6 is 23.2 Å². The van der Waals surface area contributed by atoms with E-state index < -0.39 is 5.91 Å². The van der Waals surface area contributed by atoms with Crippen LogP contribution in [0.3, 0.4) is 0 Å². The zero-order chi connectivity index (χ0) is 20.1. The Bertz CT molecular complexity index is 1130. The molecule has 0 radical (unpaired) electrons. The number of halogens is 2. The quantitative estimate of drug-likeness (QED) is 0.661.